The van der Waals surface area contributed by atoms with E-state index in [4.69, 9.17) is 17.3 Å². The van der Waals surface area contributed by atoms with Crippen LogP contribution < -0.4 is 5.73 Å². The number of anilines is 1. The van der Waals surface area contributed by atoms with E-state index in [0.717, 1.165) is 5.52 Å². The normalized spacial score (nSPS) is 13.1. The van der Waals surface area contributed by atoms with Crippen molar-refractivity contribution in [1.29, 1.82) is 0 Å². The number of aromatic nitrogens is 2. The number of halogens is 1. The van der Waals surface area contributed by atoms with Gasteiger partial charge < -0.3 is 10.3 Å². The van der Waals surface area contributed by atoms with Crippen molar-refractivity contribution < 1.29 is 8.42 Å². The van der Waals surface area contributed by atoms with Crippen molar-refractivity contribution in [3.8, 4) is 0 Å². The van der Waals surface area contributed by atoms with E-state index >= 15 is 0 Å². The number of sulfone groups is 1. The second kappa shape index (κ2) is 4.38. The number of fused-ring (bicyclic) bond motifs is 1. The Hall–Kier alpha value is -1.27. The average molecular weight is 302 g/mol. The third-order valence-electron chi connectivity index (χ3n) is 3.28. The number of hydrogen-bond donors (Lipinski definition) is 1. The monoisotopic (exact) mass is 301 g/mol. The summed E-state index contributed by atoms with van der Waals surface area (Å²) >= 11 is 5.90. The number of hydrogen-bond acceptors (Lipinski definition) is 4. The summed E-state index contributed by atoms with van der Waals surface area (Å²) in [7, 11) is -3.20. The predicted octanol–water partition coefficient (Wildman–Crippen LogP) is 2.10. The predicted molar refractivity (Wildman–Crippen MR) is 78.1 cm³/mol. The molecule has 0 amide bonds. The minimum absolute atomic E-state index is 0.246. The first-order chi connectivity index (χ1) is 8.62. The van der Waals surface area contributed by atoms with Gasteiger partial charge in [0.15, 0.2) is 9.84 Å². The molecule has 0 fully saturated rings. The molecule has 0 radical (unpaired) electrons. The highest BCUT2D eigenvalue weighted by Crippen LogP contribution is 2.26. The zero-order chi connectivity index (χ0) is 14.4. The lowest BCUT2D eigenvalue weighted by atomic mass is 10.2. The van der Waals surface area contributed by atoms with Crippen molar-refractivity contribution in [3.05, 3.63) is 23.2 Å². The highest BCUT2D eigenvalue weighted by Gasteiger charge is 2.31. The Morgan fingerprint density at radius 2 is 2.05 bits per heavy atom. The third-order valence-corrected chi connectivity index (χ3v) is 5.65. The van der Waals surface area contributed by atoms with Crippen molar-refractivity contribution in [2.24, 2.45) is 0 Å². The maximum atomic E-state index is 11.8. The van der Waals surface area contributed by atoms with E-state index in [1.165, 1.54) is 6.26 Å². The Morgan fingerprint density at radius 3 is 2.63 bits per heavy atom. The van der Waals surface area contributed by atoms with E-state index in [9.17, 15) is 8.42 Å². The van der Waals surface area contributed by atoms with Crippen LogP contribution in [0.1, 0.15) is 13.8 Å². The summed E-state index contributed by atoms with van der Waals surface area (Å²) in [5.41, 5.74) is 7.31. The van der Waals surface area contributed by atoms with Gasteiger partial charge in [0.25, 0.3) is 0 Å². The van der Waals surface area contributed by atoms with E-state index in [-0.39, 0.29) is 12.5 Å². The zero-order valence-corrected chi connectivity index (χ0v) is 12.6. The Morgan fingerprint density at radius 1 is 1.42 bits per heavy atom. The molecule has 1 aromatic carbocycles. The second-order valence-electron chi connectivity index (χ2n) is 5.22. The molecule has 2 rings (SSSR count). The lowest BCUT2D eigenvalue weighted by Crippen LogP contribution is -2.36. The fourth-order valence-corrected chi connectivity index (χ4v) is 2.32. The molecule has 0 saturated heterocycles. The standard InChI is InChI=1S/C12H16ClN3O2S/c1-12(2,19(3,17)18)7-16-10-5-4-8(13)6-9(10)15-11(16)14/h4-6H,7H2,1-3H3,(H2,14,15). The van der Waals surface area contributed by atoms with Gasteiger partial charge in [-0.2, -0.15) is 0 Å². The van der Waals surface area contributed by atoms with Gasteiger partial charge in [0.1, 0.15) is 0 Å². The van der Waals surface area contributed by atoms with Crippen LogP contribution in [0.15, 0.2) is 18.2 Å². The molecule has 0 spiro atoms. The molecular weight excluding hydrogens is 286 g/mol. The maximum Gasteiger partial charge on any atom is 0.201 e. The van der Waals surface area contributed by atoms with Crippen LogP contribution in [0.5, 0.6) is 0 Å². The first-order valence-corrected chi connectivity index (χ1v) is 7.99. The molecule has 7 heteroatoms. The van der Waals surface area contributed by atoms with Crippen LogP contribution in [0.2, 0.25) is 5.02 Å². The number of imidazole rings is 1. The lowest BCUT2D eigenvalue weighted by molar-refractivity contribution is 0.511. The smallest absolute Gasteiger partial charge is 0.201 e. The van der Waals surface area contributed by atoms with Gasteiger partial charge in [0.05, 0.1) is 15.8 Å². The van der Waals surface area contributed by atoms with Crippen LogP contribution in [-0.2, 0) is 16.4 Å². The summed E-state index contributed by atoms with van der Waals surface area (Å²) in [6, 6.07) is 5.23. The molecule has 1 heterocycles. The molecular formula is C12H16ClN3O2S. The molecule has 0 unspecified atom stereocenters. The van der Waals surface area contributed by atoms with Crippen molar-refractivity contribution in [2.75, 3.05) is 12.0 Å². The number of nitrogen functional groups attached to an aromatic ring is 1. The fraction of sp³-hybridized carbons (Fsp3) is 0.417. The largest absolute Gasteiger partial charge is 0.369 e. The minimum Gasteiger partial charge on any atom is -0.369 e. The maximum absolute atomic E-state index is 11.8. The highest BCUT2D eigenvalue weighted by molar-refractivity contribution is 7.92. The molecule has 1 aromatic heterocycles. The van der Waals surface area contributed by atoms with Gasteiger partial charge in [-0.25, -0.2) is 13.4 Å². The van der Waals surface area contributed by atoms with E-state index in [1.54, 1.807) is 36.6 Å². The Balaban J connectivity index is 2.55. The van der Waals surface area contributed by atoms with Crippen molar-refractivity contribution >= 4 is 38.4 Å². The number of rotatable bonds is 3. The topological polar surface area (TPSA) is 78.0 Å². The Kier molecular flexibility index (Phi) is 3.26. The van der Waals surface area contributed by atoms with Gasteiger partial charge in [-0.3, -0.25) is 0 Å². The van der Waals surface area contributed by atoms with Crippen LogP contribution in [0.3, 0.4) is 0 Å². The van der Waals surface area contributed by atoms with Crippen LogP contribution in [0.25, 0.3) is 11.0 Å². The lowest BCUT2D eigenvalue weighted by Gasteiger charge is -2.23. The van der Waals surface area contributed by atoms with E-state index in [1.807, 2.05) is 0 Å². The molecule has 2 N–H and O–H groups in total. The van der Waals surface area contributed by atoms with Gasteiger partial charge in [-0.1, -0.05) is 11.6 Å². The van der Waals surface area contributed by atoms with Crippen LogP contribution in [-0.4, -0.2) is 29.0 Å². The summed E-state index contributed by atoms with van der Waals surface area (Å²) < 4.78 is 24.3. The van der Waals surface area contributed by atoms with Crippen LogP contribution in [0, 0.1) is 0 Å². The van der Waals surface area contributed by atoms with Crippen molar-refractivity contribution in [1.82, 2.24) is 9.55 Å². The molecule has 5 nitrogen and oxygen atoms in total. The van der Waals surface area contributed by atoms with Gasteiger partial charge in [0, 0.05) is 17.8 Å². The highest BCUT2D eigenvalue weighted by atomic mass is 35.5. The van der Waals surface area contributed by atoms with E-state index in [0.29, 0.717) is 10.5 Å². The summed E-state index contributed by atoms with van der Waals surface area (Å²) in [6.07, 6.45) is 1.22. The van der Waals surface area contributed by atoms with Crippen LogP contribution >= 0.6 is 11.6 Å². The molecule has 2 aromatic rings. The van der Waals surface area contributed by atoms with E-state index < -0.39 is 14.6 Å². The molecule has 0 saturated carbocycles. The number of nitrogens with two attached hydrogens (primary N) is 1. The fourth-order valence-electron chi connectivity index (χ4n) is 1.79. The molecule has 104 valence electrons. The Labute approximate surface area is 117 Å². The van der Waals surface area contributed by atoms with Gasteiger partial charge in [-0.05, 0) is 32.0 Å². The number of nitrogens with zero attached hydrogens (tertiary/aromatic N) is 2. The molecule has 0 bridgehead atoms. The van der Waals surface area contributed by atoms with Gasteiger partial charge >= 0.3 is 0 Å². The van der Waals surface area contributed by atoms with Crippen LogP contribution in [0.4, 0.5) is 5.95 Å². The average Bonchev–Trinajstić information content (AvgIpc) is 2.52. The Bertz CT molecular complexity index is 735. The summed E-state index contributed by atoms with van der Waals surface area (Å²) in [6.45, 7) is 3.59. The van der Waals surface area contributed by atoms with Gasteiger partial charge in [-0.15, -0.1) is 0 Å². The molecule has 0 aliphatic heterocycles. The third kappa shape index (κ3) is 2.55. The summed E-state index contributed by atoms with van der Waals surface area (Å²) in [5.74, 6) is 0.286. The van der Waals surface area contributed by atoms with Crippen molar-refractivity contribution in [2.45, 2.75) is 25.1 Å². The molecule has 0 atom stereocenters. The zero-order valence-electron chi connectivity index (χ0n) is 11.0. The minimum atomic E-state index is -3.20. The molecule has 0 aliphatic rings. The molecule has 0 aliphatic carbocycles. The number of benzene rings is 1. The van der Waals surface area contributed by atoms with Gasteiger partial charge in [0.2, 0.25) is 5.95 Å². The van der Waals surface area contributed by atoms with Crippen molar-refractivity contribution in [3.63, 3.8) is 0 Å². The first kappa shape index (κ1) is 14.1. The summed E-state index contributed by atoms with van der Waals surface area (Å²) in [4.78, 5) is 4.20. The molecule has 19 heavy (non-hydrogen) atoms. The van der Waals surface area contributed by atoms with E-state index in [2.05, 4.69) is 4.98 Å². The SMILES string of the molecule is CC(C)(Cn1c(N)nc2cc(Cl)ccc21)S(C)(=O)=O. The first-order valence-electron chi connectivity index (χ1n) is 5.73. The second-order valence-corrected chi connectivity index (χ2v) is 8.31. The summed E-state index contributed by atoms with van der Waals surface area (Å²) in [5, 5.41) is 0.569. The quantitative estimate of drug-likeness (QED) is 0.941.